The van der Waals surface area contributed by atoms with Gasteiger partial charge in [-0.3, -0.25) is 4.79 Å². The highest BCUT2D eigenvalue weighted by Gasteiger charge is 2.45. The molecule has 0 saturated heterocycles. The molecule has 1 fully saturated rings. The number of nitrogens with one attached hydrogen (secondary N) is 1. The molecule has 1 N–H and O–H groups in total. The fourth-order valence-electron chi connectivity index (χ4n) is 2.29. The normalized spacial score (nSPS) is 17.1. The topological polar surface area (TPSA) is 63.2 Å². The molecule has 0 atom stereocenters. The number of alkyl halides is 3. The van der Waals surface area contributed by atoms with Crippen LogP contribution in [0.5, 0.6) is 0 Å². The molecule has 1 amide bonds. The van der Waals surface area contributed by atoms with E-state index in [2.05, 4.69) is 5.32 Å². The summed E-state index contributed by atoms with van der Waals surface area (Å²) >= 11 is 0. The lowest BCUT2D eigenvalue weighted by Gasteiger charge is -2.15. The van der Waals surface area contributed by atoms with Gasteiger partial charge in [-0.15, -0.1) is 0 Å². The van der Waals surface area contributed by atoms with E-state index in [9.17, 15) is 26.4 Å². The van der Waals surface area contributed by atoms with Crippen LogP contribution in [0.4, 0.5) is 13.2 Å². The Bertz CT molecular complexity index is 662. The molecule has 8 heteroatoms. The van der Waals surface area contributed by atoms with Gasteiger partial charge in [0, 0.05) is 23.8 Å². The van der Waals surface area contributed by atoms with E-state index in [1.54, 1.807) is 0 Å². The maximum atomic E-state index is 12.4. The predicted octanol–water partition coefficient (Wildman–Crippen LogP) is 2.26. The molecule has 122 valence electrons. The summed E-state index contributed by atoms with van der Waals surface area (Å²) < 4.78 is 59.9. The van der Waals surface area contributed by atoms with Crippen LogP contribution < -0.4 is 5.32 Å². The van der Waals surface area contributed by atoms with Crippen molar-refractivity contribution < 1.29 is 26.4 Å². The SMILES string of the molecule is CS(=O)(=O)CC1(CNC(=O)c2ccc(C(F)(F)F)cc2)CC1. The number of rotatable bonds is 5. The zero-order valence-electron chi connectivity index (χ0n) is 11.9. The third-order valence-corrected chi connectivity index (χ3v) is 4.76. The zero-order chi connectivity index (χ0) is 16.6. The molecule has 0 spiro atoms. The molecule has 0 heterocycles. The van der Waals surface area contributed by atoms with E-state index in [1.165, 1.54) is 0 Å². The van der Waals surface area contributed by atoms with Crippen LogP contribution in [0.2, 0.25) is 0 Å². The highest BCUT2D eigenvalue weighted by Crippen LogP contribution is 2.46. The highest BCUT2D eigenvalue weighted by molar-refractivity contribution is 7.90. The minimum atomic E-state index is -4.44. The molecular formula is C14H16F3NO3S. The molecule has 1 saturated carbocycles. The van der Waals surface area contributed by atoms with E-state index in [0.29, 0.717) is 12.8 Å². The Morgan fingerprint density at radius 2 is 1.77 bits per heavy atom. The number of halogens is 3. The van der Waals surface area contributed by atoms with Gasteiger partial charge in [0.15, 0.2) is 0 Å². The maximum Gasteiger partial charge on any atom is 0.416 e. The summed E-state index contributed by atoms with van der Waals surface area (Å²) in [7, 11) is -3.13. The van der Waals surface area contributed by atoms with Crippen molar-refractivity contribution in [3.8, 4) is 0 Å². The van der Waals surface area contributed by atoms with Gasteiger partial charge < -0.3 is 5.32 Å². The Morgan fingerprint density at radius 3 is 2.18 bits per heavy atom. The van der Waals surface area contributed by atoms with Gasteiger partial charge in [-0.25, -0.2) is 8.42 Å². The number of hydrogen-bond acceptors (Lipinski definition) is 3. The van der Waals surface area contributed by atoms with Crippen LogP contribution in [0.3, 0.4) is 0 Å². The third-order valence-electron chi connectivity index (χ3n) is 3.62. The second-order valence-electron chi connectivity index (χ2n) is 5.83. The number of carbonyl (C=O) groups excluding carboxylic acids is 1. The largest absolute Gasteiger partial charge is 0.416 e. The minimum absolute atomic E-state index is 0.00723. The van der Waals surface area contributed by atoms with Crippen molar-refractivity contribution in [1.82, 2.24) is 5.32 Å². The third kappa shape index (κ3) is 4.46. The van der Waals surface area contributed by atoms with E-state index < -0.39 is 32.9 Å². The molecule has 22 heavy (non-hydrogen) atoms. The Labute approximate surface area is 126 Å². The summed E-state index contributed by atoms with van der Waals surface area (Å²) in [5.74, 6) is -0.499. The van der Waals surface area contributed by atoms with Crippen molar-refractivity contribution in [2.45, 2.75) is 19.0 Å². The number of hydrogen-bond donors (Lipinski definition) is 1. The number of carbonyl (C=O) groups is 1. The van der Waals surface area contributed by atoms with Gasteiger partial charge in [-0.05, 0) is 37.1 Å². The van der Waals surface area contributed by atoms with Gasteiger partial charge in [-0.2, -0.15) is 13.2 Å². The molecule has 1 aliphatic rings. The lowest BCUT2D eigenvalue weighted by atomic mass is 10.1. The number of sulfone groups is 1. The number of amides is 1. The predicted molar refractivity (Wildman–Crippen MR) is 75.2 cm³/mol. The molecule has 0 unspecified atom stereocenters. The fraction of sp³-hybridized carbons (Fsp3) is 0.500. The first-order valence-corrected chi connectivity index (χ1v) is 8.70. The van der Waals surface area contributed by atoms with Crippen molar-refractivity contribution in [3.05, 3.63) is 35.4 Å². The molecule has 1 aliphatic carbocycles. The summed E-state index contributed by atoms with van der Waals surface area (Å²) in [5, 5.41) is 2.60. The number of benzene rings is 1. The van der Waals surface area contributed by atoms with Crippen LogP contribution in [-0.4, -0.2) is 32.9 Å². The smallest absolute Gasteiger partial charge is 0.351 e. The Morgan fingerprint density at radius 1 is 1.23 bits per heavy atom. The van der Waals surface area contributed by atoms with Gasteiger partial charge >= 0.3 is 6.18 Å². The first-order valence-electron chi connectivity index (χ1n) is 6.64. The summed E-state index contributed by atoms with van der Waals surface area (Å²) in [6, 6.07) is 3.90. The molecule has 1 aromatic rings. The van der Waals surface area contributed by atoms with Crippen molar-refractivity contribution in [2.24, 2.45) is 5.41 Å². The lowest BCUT2D eigenvalue weighted by molar-refractivity contribution is -0.137. The summed E-state index contributed by atoms with van der Waals surface area (Å²) in [6.07, 6.45) is -1.87. The van der Waals surface area contributed by atoms with E-state index in [0.717, 1.165) is 30.5 Å². The maximum absolute atomic E-state index is 12.4. The summed E-state index contributed by atoms with van der Waals surface area (Å²) in [6.45, 7) is 0.208. The van der Waals surface area contributed by atoms with Gasteiger partial charge in [0.25, 0.3) is 5.91 Å². The van der Waals surface area contributed by atoms with E-state index in [1.807, 2.05) is 0 Å². The van der Waals surface area contributed by atoms with Crippen molar-refractivity contribution >= 4 is 15.7 Å². The molecule has 4 nitrogen and oxygen atoms in total. The van der Waals surface area contributed by atoms with Gasteiger partial charge in [0.1, 0.15) is 9.84 Å². The van der Waals surface area contributed by atoms with Crippen LogP contribution in [0.25, 0.3) is 0 Å². The second-order valence-corrected chi connectivity index (χ2v) is 7.97. The Balaban J connectivity index is 1.96. The average Bonchev–Trinajstić information content (AvgIpc) is 3.13. The van der Waals surface area contributed by atoms with Crippen LogP contribution >= 0.6 is 0 Å². The molecule has 2 rings (SSSR count). The van der Waals surface area contributed by atoms with E-state index in [4.69, 9.17) is 0 Å². The quantitative estimate of drug-likeness (QED) is 0.898. The standard InChI is InChI=1S/C14H16F3NO3S/c1-22(20,21)9-13(6-7-13)8-18-12(19)10-2-4-11(5-3-10)14(15,16)17/h2-5H,6-9H2,1H3,(H,18,19). The molecule has 0 bridgehead atoms. The summed E-state index contributed by atoms with van der Waals surface area (Å²) in [4.78, 5) is 11.9. The Kier molecular flexibility index (Phi) is 4.25. The van der Waals surface area contributed by atoms with Gasteiger partial charge in [0.05, 0.1) is 11.3 Å². The molecular weight excluding hydrogens is 319 g/mol. The molecule has 0 radical (unpaired) electrons. The van der Waals surface area contributed by atoms with Crippen LogP contribution in [0.1, 0.15) is 28.8 Å². The minimum Gasteiger partial charge on any atom is -0.351 e. The van der Waals surface area contributed by atoms with Gasteiger partial charge in [0.2, 0.25) is 0 Å². The first-order chi connectivity index (χ1) is 10.0. The Hall–Kier alpha value is -1.57. The molecule has 0 aromatic heterocycles. The van der Waals surface area contributed by atoms with E-state index >= 15 is 0 Å². The molecule has 1 aromatic carbocycles. The lowest BCUT2D eigenvalue weighted by Crippen LogP contribution is -2.33. The van der Waals surface area contributed by atoms with Gasteiger partial charge in [-0.1, -0.05) is 0 Å². The summed E-state index contributed by atoms with van der Waals surface area (Å²) in [5.41, 5.74) is -1.13. The zero-order valence-corrected chi connectivity index (χ0v) is 12.7. The first kappa shape index (κ1) is 16.8. The van der Waals surface area contributed by atoms with Crippen LogP contribution in [0.15, 0.2) is 24.3 Å². The highest BCUT2D eigenvalue weighted by atomic mass is 32.2. The van der Waals surface area contributed by atoms with Crippen LogP contribution in [0, 0.1) is 5.41 Å². The monoisotopic (exact) mass is 335 g/mol. The van der Waals surface area contributed by atoms with Crippen molar-refractivity contribution in [2.75, 3.05) is 18.6 Å². The average molecular weight is 335 g/mol. The van der Waals surface area contributed by atoms with Crippen molar-refractivity contribution in [3.63, 3.8) is 0 Å². The van der Waals surface area contributed by atoms with Crippen LogP contribution in [-0.2, 0) is 16.0 Å². The van der Waals surface area contributed by atoms with Crippen molar-refractivity contribution in [1.29, 1.82) is 0 Å². The van der Waals surface area contributed by atoms with E-state index in [-0.39, 0.29) is 17.9 Å². The fourth-order valence-corrected chi connectivity index (χ4v) is 3.79. The second kappa shape index (κ2) is 5.57. The molecule has 0 aliphatic heterocycles.